The van der Waals surface area contributed by atoms with Crippen LogP contribution in [0.15, 0.2) is 23.1 Å². The largest absolute Gasteiger partial charge is 0.338 e. The standard InChI is InChI=1S/C19H28N2O3S.ClH/c1-2-11-21(17-8-10-20-14-17)19(22)9-12-25(23,24)18-7-6-15-4-3-5-16(15)13-18;/h6-7,13,17,20H,2-5,8-12,14H2,1H3;1H. The van der Waals surface area contributed by atoms with Crippen LogP contribution in [0, 0.1) is 0 Å². The predicted octanol–water partition coefficient (Wildman–Crippen LogP) is 2.36. The Bertz CT molecular complexity index is 730. The van der Waals surface area contributed by atoms with E-state index in [-0.39, 0.29) is 36.5 Å². The molecule has 1 aliphatic carbocycles. The molecular weight excluding hydrogens is 372 g/mol. The molecule has 1 fully saturated rings. The van der Waals surface area contributed by atoms with Gasteiger partial charge in [-0.1, -0.05) is 13.0 Å². The molecule has 1 N–H and O–H groups in total. The highest BCUT2D eigenvalue weighted by Crippen LogP contribution is 2.25. The maximum Gasteiger partial charge on any atom is 0.223 e. The van der Waals surface area contributed by atoms with Gasteiger partial charge in [-0.15, -0.1) is 12.4 Å². The van der Waals surface area contributed by atoms with E-state index in [9.17, 15) is 13.2 Å². The summed E-state index contributed by atoms with van der Waals surface area (Å²) < 4.78 is 25.3. The maximum absolute atomic E-state index is 12.7. The summed E-state index contributed by atoms with van der Waals surface area (Å²) in [7, 11) is -3.41. The van der Waals surface area contributed by atoms with Crippen LogP contribution >= 0.6 is 12.4 Å². The van der Waals surface area contributed by atoms with Crippen molar-refractivity contribution in [3.05, 3.63) is 29.3 Å². The van der Waals surface area contributed by atoms with Gasteiger partial charge in [0.15, 0.2) is 9.84 Å². The SMILES string of the molecule is CCCN(C(=O)CCS(=O)(=O)c1ccc2c(c1)CCC2)C1CCNC1.Cl. The fraction of sp³-hybridized carbons (Fsp3) is 0.632. The van der Waals surface area contributed by atoms with Crippen LogP contribution in [-0.2, 0) is 27.5 Å². The van der Waals surface area contributed by atoms with E-state index >= 15 is 0 Å². The highest BCUT2D eigenvalue weighted by molar-refractivity contribution is 7.91. The zero-order valence-corrected chi connectivity index (χ0v) is 17.0. The number of hydrogen-bond acceptors (Lipinski definition) is 4. The van der Waals surface area contributed by atoms with Crippen LogP contribution in [0.1, 0.15) is 43.7 Å². The molecule has 1 unspecified atom stereocenters. The second kappa shape index (κ2) is 9.20. The van der Waals surface area contributed by atoms with Gasteiger partial charge in [-0.2, -0.15) is 0 Å². The number of fused-ring (bicyclic) bond motifs is 1. The zero-order chi connectivity index (χ0) is 17.9. The molecule has 1 saturated heterocycles. The fourth-order valence-electron chi connectivity index (χ4n) is 3.88. The number of nitrogens with one attached hydrogen (secondary N) is 1. The summed E-state index contributed by atoms with van der Waals surface area (Å²) in [4.78, 5) is 14.9. The minimum atomic E-state index is -3.41. The molecule has 146 valence electrons. The van der Waals surface area contributed by atoms with Crippen molar-refractivity contribution in [1.82, 2.24) is 10.2 Å². The van der Waals surface area contributed by atoms with Gasteiger partial charge in [0.05, 0.1) is 10.6 Å². The lowest BCUT2D eigenvalue weighted by molar-refractivity contribution is -0.132. The summed E-state index contributed by atoms with van der Waals surface area (Å²) in [5, 5.41) is 3.28. The van der Waals surface area contributed by atoms with Gasteiger partial charge in [-0.3, -0.25) is 4.79 Å². The Kier molecular flexibility index (Phi) is 7.50. The third kappa shape index (κ3) is 4.78. The number of benzene rings is 1. The van der Waals surface area contributed by atoms with Gasteiger partial charge < -0.3 is 10.2 Å². The van der Waals surface area contributed by atoms with Gasteiger partial charge >= 0.3 is 0 Å². The second-order valence-corrected chi connectivity index (χ2v) is 9.20. The highest BCUT2D eigenvalue weighted by atomic mass is 35.5. The summed E-state index contributed by atoms with van der Waals surface area (Å²) in [5.74, 6) is -0.148. The molecule has 7 heteroatoms. The number of nitrogens with zero attached hydrogens (tertiary/aromatic N) is 1. The predicted molar refractivity (Wildman–Crippen MR) is 106 cm³/mol. The Morgan fingerprint density at radius 1 is 1.27 bits per heavy atom. The minimum absolute atomic E-state index is 0. The fourth-order valence-corrected chi connectivity index (χ4v) is 5.16. The molecule has 2 aliphatic rings. The van der Waals surface area contributed by atoms with E-state index in [1.54, 1.807) is 6.07 Å². The molecule has 1 heterocycles. The Labute approximate surface area is 162 Å². The van der Waals surface area contributed by atoms with E-state index in [0.29, 0.717) is 11.4 Å². The number of aryl methyl sites for hydroxylation is 2. The van der Waals surface area contributed by atoms with E-state index in [2.05, 4.69) is 5.32 Å². The van der Waals surface area contributed by atoms with Crippen molar-refractivity contribution in [1.29, 1.82) is 0 Å². The summed E-state index contributed by atoms with van der Waals surface area (Å²) in [6.07, 6.45) is 4.99. The van der Waals surface area contributed by atoms with Crippen molar-refractivity contribution < 1.29 is 13.2 Å². The first-order valence-corrected chi connectivity index (χ1v) is 11.0. The smallest absolute Gasteiger partial charge is 0.223 e. The number of halogens is 1. The van der Waals surface area contributed by atoms with E-state index in [1.807, 2.05) is 24.0 Å². The molecule has 0 radical (unpaired) electrons. The monoisotopic (exact) mass is 400 g/mol. The van der Waals surface area contributed by atoms with E-state index in [4.69, 9.17) is 0 Å². The first-order valence-electron chi connectivity index (χ1n) is 9.36. The second-order valence-electron chi connectivity index (χ2n) is 7.09. The number of carbonyl (C=O) groups excluding carboxylic acids is 1. The van der Waals surface area contributed by atoms with Gasteiger partial charge in [-0.25, -0.2) is 8.42 Å². The molecule has 3 rings (SSSR count). The highest BCUT2D eigenvalue weighted by Gasteiger charge is 2.27. The normalized spacial score (nSPS) is 19.0. The first-order chi connectivity index (χ1) is 12.0. The molecule has 5 nitrogen and oxygen atoms in total. The molecule has 1 amide bonds. The molecule has 1 atom stereocenters. The Balaban J connectivity index is 0.00000243. The molecule has 1 aromatic rings. The van der Waals surface area contributed by atoms with Gasteiger partial charge in [0.1, 0.15) is 0 Å². The summed E-state index contributed by atoms with van der Waals surface area (Å²) in [6, 6.07) is 5.65. The van der Waals surface area contributed by atoms with Crippen LogP contribution in [0.2, 0.25) is 0 Å². The van der Waals surface area contributed by atoms with Crippen LogP contribution in [-0.4, -0.2) is 50.7 Å². The van der Waals surface area contributed by atoms with Gasteiger partial charge in [0.25, 0.3) is 0 Å². The third-order valence-corrected chi connectivity index (χ3v) is 6.99. The third-order valence-electron chi connectivity index (χ3n) is 5.27. The topological polar surface area (TPSA) is 66.5 Å². The van der Waals surface area contributed by atoms with Crippen molar-refractivity contribution in [3.8, 4) is 0 Å². The molecule has 0 saturated carbocycles. The van der Waals surface area contributed by atoms with E-state index in [1.165, 1.54) is 5.56 Å². The molecule has 0 spiro atoms. The van der Waals surface area contributed by atoms with E-state index in [0.717, 1.165) is 50.8 Å². The maximum atomic E-state index is 12.7. The number of hydrogen-bond donors (Lipinski definition) is 1. The summed E-state index contributed by atoms with van der Waals surface area (Å²) >= 11 is 0. The summed E-state index contributed by atoms with van der Waals surface area (Å²) in [6.45, 7) is 4.48. The van der Waals surface area contributed by atoms with E-state index < -0.39 is 9.84 Å². The van der Waals surface area contributed by atoms with Crippen molar-refractivity contribution >= 4 is 28.2 Å². The van der Waals surface area contributed by atoms with Crippen LogP contribution in [0.3, 0.4) is 0 Å². The number of amides is 1. The van der Waals surface area contributed by atoms with Gasteiger partial charge in [0, 0.05) is 25.6 Å². The van der Waals surface area contributed by atoms with Gasteiger partial charge in [-0.05, 0) is 61.9 Å². The van der Waals surface area contributed by atoms with Crippen molar-refractivity contribution in [3.63, 3.8) is 0 Å². The first kappa shape index (κ1) is 21.2. The molecular formula is C19H29ClN2O3S. The lowest BCUT2D eigenvalue weighted by atomic mass is 10.1. The molecule has 0 aromatic heterocycles. The van der Waals surface area contributed by atoms with Crippen LogP contribution in [0.25, 0.3) is 0 Å². The molecule has 1 aliphatic heterocycles. The van der Waals surface area contributed by atoms with Crippen LogP contribution in [0.5, 0.6) is 0 Å². The summed E-state index contributed by atoms with van der Waals surface area (Å²) in [5.41, 5.74) is 2.41. The zero-order valence-electron chi connectivity index (χ0n) is 15.4. The van der Waals surface area contributed by atoms with Crippen molar-refractivity contribution in [2.45, 2.75) is 56.4 Å². The quantitative estimate of drug-likeness (QED) is 0.763. The van der Waals surface area contributed by atoms with Gasteiger partial charge in [0.2, 0.25) is 5.91 Å². The average molecular weight is 401 g/mol. The Morgan fingerprint density at radius 2 is 2.04 bits per heavy atom. The average Bonchev–Trinajstić information content (AvgIpc) is 3.28. The number of carbonyl (C=O) groups is 1. The number of rotatable bonds is 7. The Hall–Kier alpha value is -1.11. The van der Waals surface area contributed by atoms with Crippen LogP contribution in [0.4, 0.5) is 0 Å². The van der Waals surface area contributed by atoms with Crippen molar-refractivity contribution in [2.75, 3.05) is 25.4 Å². The molecule has 1 aromatic carbocycles. The lowest BCUT2D eigenvalue weighted by Gasteiger charge is -2.28. The van der Waals surface area contributed by atoms with Crippen molar-refractivity contribution in [2.24, 2.45) is 0 Å². The van der Waals surface area contributed by atoms with Crippen LogP contribution < -0.4 is 5.32 Å². The molecule has 0 bridgehead atoms. The minimum Gasteiger partial charge on any atom is -0.338 e. The Morgan fingerprint density at radius 3 is 2.73 bits per heavy atom. The number of sulfone groups is 1. The molecule has 26 heavy (non-hydrogen) atoms. The lowest BCUT2D eigenvalue weighted by Crippen LogP contribution is -2.42.